The minimum atomic E-state index is 0. The summed E-state index contributed by atoms with van der Waals surface area (Å²) in [5.74, 6) is 1.04. The molecule has 0 saturated carbocycles. The predicted molar refractivity (Wildman–Crippen MR) is 138 cm³/mol. The number of piperazine rings is 1. The van der Waals surface area contributed by atoms with Crippen LogP contribution in [-0.4, -0.2) is 85.5 Å². The van der Waals surface area contributed by atoms with Crippen LogP contribution in [-0.2, 0) is 17.9 Å². The number of aliphatic imine (C=N–C) groups is 1. The number of halogens is 1. The number of carbonyl (C=O) groups is 1. The molecule has 2 aliphatic heterocycles. The van der Waals surface area contributed by atoms with Gasteiger partial charge in [0, 0.05) is 71.9 Å². The number of benzene rings is 1. The smallest absolute Gasteiger partial charge is 0.222 e. The van der Waals surface area contributed by atoms with Gasteiger partial charge in [-0.05, 0) is 24.1 Å². The minimum Gasteiger partial charge on any atom is -0.352 e. The van der Waals surface area contributed by atoms with Crippen molar-refractivity contribution in [2.24, 2.45) is 4.99 Å². The van der Waals surface area contributed by atoms with Gasteiger partial charge < -0.3 is 20.4 Å². The number of amides is 1. The molecule has 7 nitrogen and oxygen atoms in total. The summed E-state index contributed by atoms with van der Waals surface area (Å²) in [4.78, 5) is 23.3. The average molecular weight is 543 g/mol. The second-order valence-corrected chi connectivity index (χ2v) is 8.23. The minimum absolute atomic E-state index is 0. The molecule has 1 atom stereocenters. The second kappa shape index (κ2) is 13.2. The van der Waals surface area contributed by atoms with Crippen molar-refractivity contribution in [3.8, 4) is 0 Å². The quantitative estimate of drug-likeness (QED) is 0.314. The fraction of sp³-hybridized carbons (Fsp3) is 0.652. The molecule has 0 radical (unpaired) electrons. The van der Waals surface area contributed by atoms with Crippen LogP contribution in [0.15, 0.2) is 29.3 Å². The van der Waals surface area contributed by atoms with Crippen LogP contribution in [0.3, 0.4) is 0 Å². The lowest BCUT2D eigenvalue weighted by Crippen LogP contribution is -2.46. The van der Waals surface area contributed by atoms with E-state index < -0.39 is 0 Å². The molecular weight excluding hydrogens is 503 g/mol. The van der Waals surface area contributed by atoms with Crippen molar-refractivity contribution in [1.29, 1.82) is 0 Å². The zero-order valence-electron chi connectivity index (χ0n) is 19.3. The van der Waals surface area contributed by atoms with Gasteiger partial charge in [-0.3, -0.25) is 14.7 Å². The van der Waals surface area contributed by atoms with Crippen LogP contribution in [0.2, 0.25) is 0 Å². The molecule has 174 valence electrons. The molecule has 0 aliphatic carbocycles. The van der Waals surface area contributed by atoms with Crippen molar-refractivity contribution < 1.29 is 4.79 Å². The summed E-state index contributed by atoms with van der Waals surface area (Å²) < 4.78 is 0. The number of likely N-dealkylation sites (tertiary alicyclic amines) is 1. The summed E-state index contributed by atoms with van der Waals surface area (Å²) in [5, 5.41) is 6.96. The fourth-order valence-corrected chi connectivity index (χ4v) is 4.28. The number of nitrogens with one attached hydrogen (secondary N) is 2. The van der Waals surface area contributed by atoms with E-state index in [1.54, 1.807) is 7.05 Å². The van der Waals surface area contributed by atoms with Crippen LogP contribution in [0.1, 0.15) is 37.8 Å². The van der Waals surface area contributed by atoms with Crippen LogP contribution in [0.4, 0.5) is 0 Å². The Morgan fingerprint density at radius 2 is 1.74 bits per heavy atom. The maximum Gasteiger partial charge on any atom is 0.222 e. The normalized spacial score (nSPS) is 20.4. The molecule has 0 bridgehead atoms. The first kappa shape index (κ1) is 25.9. The summed E-state index contributed by atoms with van der Waals surface area (Å²) in [5.41, 5.74) is 2.69. The zero-order chi connectivity index (χ0) is 21.3. The van der Waals surface area contributed by atoms with E-state index in [9.17, 15) is 4.79 Å². The maximum atomic E-state index is 11.9. The third kappa shape index (κ3) is 7.61. The lowest BCUT2D eigenvalue weighted by atomic mass is 10.1. The Morgan fingerprint density at radius 3 is 2.39 bits per heavy atom. The molecule has 31 heavy (non-hydrogen) atoms. The van der Waals surface area contributed by atoms with Gasteiger partial charge in [0.05, 0.1) is 0 Å². The van der Waals surface area contributed by atoms with E-state index in [1.807, 2.05) is 11.8 Å². The van der Waals surface area contributed by atoms with Gasteiger partial charge in [-0.1, -0.05) is 38.1 Å². The summed E-state index contributed by atoms with van der Waals surface area (Å²) in [6, 6.07) is 8.94. The highest BCUT2D eigenvalue weighted by Crippen LogP contribution is 2.14. The maximum absolute atomic E-state index is 11.9. The van der Waals surface area contributed by atoms with E-state index in [0.717, 1.165) is 71.3 Å². The van der Waals surface area contributed by atoms with E-state index in [4.69, 9.17) is 0 Å². The van der Waals surface area contributed by atoms with Crippen molar-refractivity contribution in [2.75, 3.05) is 52.9 Å². The van der Waals surface area contributed by atoms with Crippen LogP contribution in [0.25, 0.3) is 0 Å². The van der Waals surface area contributed by atoms with E-state index in [0.29, 0.717) is 6.42 Å². The fourth-order valence-electron chi connectivity index (χ4n) is 4.28. The summed E-state index contributed by atoms with van der Waals surface area (Å²) in [7, 11) is 1.80. The first-order chi connectivity index (χ1) is 14.6. The van der Waals surface area contributed by atoms with Crippen LogP contribution in [0.5, 0.6) is 0 Å². The van der Waals surface area contributed by atoms with E-state index >= 15 is 0 Å². The lowest BCUT2D eigenvalue weighted by molar-refractivity contribution is -0.129. The van der Waals surface area contributed by atoms with Crippen LogP contribution >= 0.6 is 24.0 Å². The zero-order valence-corrected chi connectivity index (χ0v) is 21.6. The summed E-state index contributed by atoms with van der Waals surface area (Å²) >= 11 is 0. The van der Waals surface area contributed by atoms with Crippen molar-refractivity contribution in [2.45, 2.75) is 45.8 Å². The van der Waals surface area contributed by atoms with E-state index in [-0.39, 0.29) is 35.9 Å². The highest BCUT2D eigenvalue weighted by Gasteiger charge is 2.25. The van der Waals surface area contributed by atoms with Crippen molar-refractivity contribution in [3.05, 3.63) is 35.4 Å². The Bertz CT molecular complexity index is 720. The molecule has 1 amide bonds. The van der Waals surface area contributed by atoms with Crippen LogP contribution in [0, 0.1) is 0 Å². The number of guanidine groups is 1. The average Bonchev–Trinajstić information content (AvgIpc) is 3.26. The Balaban J connectivity index is 0.00000341. The molecule has 0 spiro atoms. The Hall–Kier alpha value is -1.39. The van der Waals surface area contributed by atoms with Gasteiger partial charge in [0.2, 0.25) is 5.91 Å². The lowest BCUT2D eigenvalue weighted by Gasteiger charge is -2.34. The standard InChI is InChI=1S/C23H38N6O.HI/c1-4-22(30)29-11-10-21(18-29)26-23(24-3)25-16-19-8-6-7-9-20(19)17-28-14-12-27(5-2)13-15-28;/h6-9,21H,4-5,10-18H2,1-3H3,(H2,24,25,26);1H. The van der Waals surface area contributed by atoms with E-state index in [2.05, 4.69) is 56.6 Å². The summed E-state index contributed by atoms with van der Waals surface area (Å²) in [6.07, 6.45) is 1.54. The number of nitrogens with zero attached hydrogens (tertiary/aromatic N) is 4. The van der Waals surface area contributed by atoms with Gasteiger partial charge in [-0.15, -0.1) is 24.0 Å². The molecule has 2 N–H and O–H groups in total. The van der Waals surface area contributed by atoms with E-state index in [1.165, 1.54) is 11.1 Å². The molecule has 1 aromatic carbocycles. The molecule has 2 heterocycles. The van der Waals surface area contributed by atoms with Gasteiger partial charge in [-0.2, -0.15) is 0 Å². The molecule has 1 aromatic rings. The highest BCUT2D eigenvalue weighted by molar-refractivity contribution is 14.0. The topological polar surface area (TPSA) is 63.2 Å². The van der Waals surface area contributed by atoms with Crippen LogP contribution < -0.4 is 10.6 Å². The monoisotopic (exact) mass is 542 g/mol. The number of carbonyl (C=O) groups excluding carboxylic acids is 1. The van der Waals surface area contributed by atoms with Gasteiger partial charge >= 0.3 is 0 Å². The third-order valence-corrected chi connectivity index (χ3v) is 6.28. The molecule has 2 fully saturated rings. The van der Waals surface area contributed by atoms with Gasteiger partial charge in [0.15, 0.2) is 5.96 Å². The molecule has 2 saturated heterocycles. The molecule has 2 aliphatic rings. The van der Waals surface area contributed by atoms with Crippen molar-refractivity contribution >= 4 is 35.8 Å². The Morgan fingerprint density at radius 1 is 1.06 bits per heavy atom. The second-order valence-electron chi connectivity index (χ2n) is 8.23. The first-order valence-electron chi connectivity index (χ1n) is 11.4. The number of rotatable bonds is 7. The molecule has 3 rings (SSSR count). The van der Waals surface area contributed by atoms with Gasteiger partial charge in [-0.25, -0.2) is 0 Å². The number of likely N-dealkylation sites (N-methyl/N-ethyl adjacent to an activating group) is 1. The van der Waals surface area contributed by atoms with Gasteiger partial charge in [0.25, 0.3) is 0 Å². The summed E-state index contributed by atoms with van der Waals surface area (Å²) in [6.45, 7) is 13.2. The molecule has 8 heteroatoms. The Kier molecular flexibility index (Phi) is 11.0. The predicted octanol–water partition coefficient (Wildman–Crippen LogP) is 2.12. The number of hydrogen-bond acceptors (Lipinski definition) is 4. The highest BCUT2D eigenvalue weighted by atomic mass is 127. The Labute approximate surface area is 204 Å². The largest absolute Gasteiger partial charge is 0.352 e. The SMILES string of the molecule is CCC(=O)N1CCC(NC(=NC)NCc2ccccc2CN2CCN(CC)CC2)C1.I. The van der Waals surface area contributed by atoms with Crippen molar-refractivity contribution in [1.82, 2.24) is 25.3 Å². The number of hydrogen-bond donors (Lipinski definition) is 2. The molecular formula is C23H39IN6O. The molecule has 0 aromatic heterocycles. The van der Waals surface area contributed by atoms with Crippen molar-refractivity contribution in [3.63, 3.8) is 0 Å². The first-order valence-corrected chi connectivity index (χ1v) is 11.4. The third-order valence-electron chi connectivity index (χ3n) is 6.28. The molecule has 1 unspecified atom stereocenters. The van der Waals surface area contributed by atoms with Gasteiger partial charge in [0.1, 0.15) is 0 Å².